The van der Waals surface area contributed by atoms with Gasteiger partial charge in [0.2, 0.25) is 0 Å². The Morgan fingerprint density at radius 1 is 0.800 bits per heavy atom. The predicted molar refractivity (Wildman–Crippen MR) is 99.2 cm³/mol. The number of imidazole rings is 1. The zero-order chi connectivity index (χ0) is 17.1. The summed E-state index contributed by atoms with van der Waals surface area (Å²) < 4.78 is 5.33. The van der Waals surface area contributed by atoms with E-state index in [1.807, 2.05) is 54.6 Å². The lowest BCUT2D eigenvalue weighted by molar-refractivity contribution is 0.415. The van der Waals surface area contributed by atoms with Crippen LogP contribution < -0.4 is 4.74 Å². The molecule has 0 unspecified atom stereocenters. The molecule has 2 heterocycles. The standard InChI is InChI=1S/C21H17N3O/c1-25-18-9-5-8-17(14-18)21-23-19(15-6-3-2-4-7-15)20(24-21)16-10-12-22-13-11-16/h2-14H,1H3,(H,23,24). The first kappa shape index (κ1) is 15.1. The van der Waals surface area contributed by atoms with Crippen LogP contribution in [0.25, 0.3) is 33.9 Å². The first-order valence-electron chi connectivity index (χ1n) is 8.05. The maximum atomic E-state index is 5.33. The van der Waals surface area contributed by atoms with Crippen LogP contribution in [0.3, 0.4) is 0 Å². The number of aromatic nitrogens is 3. The number of hydrogen-bond acceptors (Lipinski definition) is 3. The van der Waals surface area contributed by atoms with Gasteiger partial charge in [0.15, 0.2) is 0 Å². The molecule has 2 aromatic carbocycles. The molecule has 0 spiro atoms. The van der Waals surface area contributed by atoms with Crippen LogP contribution in [0, 0.1) is 0 Å². The molecule has 0 aliphatic heterocycles. The number of H-pyrrole nitrogens is 1. The van der Waals surface area contributed by atoms with Gasteiger partial charge in [0.25, 0.3) is 0 Å². The largest absolute Gasteiger partial charge is 0.497 e. The smallest absolute Gasteiger partial charge is 0.138 e. The first-order valence-corrected chi connectivity index (χ1v) is 8.05. The quantitative estimate of drug-likeness (QED) is 0.585. The van der Waals surface area contributed by atoms with Crippen molar-refractivity contribution in [1.82, 2.24) is 15.0 Å². The summed E-state index contributed by atoms with van der Waals surface area (Å²) in [6, 6.07) is 22.0. The Balaban J connectivity index is 1.89. The molecule has 0 saturated heterocycles. The van der Waals surface area contributed by atoms with E-state index in [9.17, 15) is 0 Å². The Hall–Kier alpha value is -3.40. The van der Waals surface area contributed by atoms with Gasteiger partial charge in [-0.1, -0.05) is 42.5 Å². The van der Waals surface area contributed by atoms with Gasteiger partial charge in [0.05, 0.1) is 18.5 Å². The van der Waals surface area contributed by atoms with Crippen LogP contribution in [0.5, 0.6) is 5.75 Å². The van der Waals surface area contributed by atoms with Crippen molar-refractivity contribution in [3.63, 3.8) is 0 Å². The second kappa shape index (κ2) is 6.61. The summed E-state index contributed by atoms with van der Waals surface area (Å²) in [4.78, 5) is 12.5. The van der Waals surface area contributed by atoms with E-state index in [-0.39, 0.29) is 0 Å². The molecule has 0 bridgehead atoms. The molecule has 0 aliphatic rings. The summed E-state index contributed by atoms with van der Waals surface area (Å²) in [5.74, 6) is 1.62. The Kier molecular flexibility index (Phi) is 4.01. The number of pyridine rings is 1. The predicted octanol–water partition coefficient (Wildman–Crippen LogP) is 4.81. The van der Waals surface area contributed by atoms with E-state index >= 15 is 0 Å². The molecule has 4 heteroatoms. The molecule has 2 aromatic heterocycles. The van der Waals surface area contributed by atoms with Crippen LogP contribution >= 0.6 is 0 Å². The fourth-order valence-electron chi connectivity index (χ4n) is 2.81. The van der Waals surface area contributed by atoms with Crippen molar-refractivity contribution in [2.75, 3.05) is 7.11 Å². The maximum Gasteiger partial charge on any atom is 0.138 e. The minimum atomic E-state index is 0.806. The van der Waals surface area contributed by atoms with Gasteiger partial charge in [-0.25, -0.2) is 4.98 Å². The van der Waals surface area contributed by atoms with Gasteiger partial charge in [-0.05, 0) is 24.3 Å². The van der Waals surface area contributed by atoms with E-state index in [2.05, 4.69) is 22.1 Å². The maximum absolute atomic E-state index is 5.33. The molecule has 0 atom stereocenters. The van der Waals surface area contributed by atoms with E-state index in [0.29, 0.717) is 0 Å². The summed E-state index contributed by atoms with van der Waals surface area (Å²) in [5, 5.41) is 0. The highest BCUT2D eigenvalue weighted by atomic mass is 16.5. The summed E-state index contributed by atoms with van der Waals surface area (Å²) in [6.07, 6.45) is 3.58. The van der Waals surface area contributed by atoms with Crippen molar-refractivity contribution in [3.05, 3.63) is 79.1 Å². The number of aromatic amines is 1. The number of nitrogens with one attached hydrogen (secondary N) is 1. The van der Waals surface area contributed by atoms with Crippen LogP contribution in [0.2, 0.25) is 0 Å². The molecular weight excluding hydrogens is 310 g/mol. The topological polar surface area (TPSA) is 50.8 Å². The molecule has 1 N–H and O–H groups in total. The normalized spacial score (nSPS) is 10.6. The van der Waals surface area contributed by atoms with E-state index in [1.165, 1.54) is 0 Å². The average molecular weight is 327 g/mol. The lowest BCUT2D eigenvalue weighted by Gasteiger charge is -2.02. The van der Waals surface area contributed by atoms with Crippen molar-refractivity contribution < 1.29 is 4.74 Å². The molecule has 0 fully saturated rings. The Labute approximate surface area is 146 Å². The van der Waals surface area contributed by atoms with Gasteiger partial charge >= 0.3 is 0 Å². The van der Waals surface area contributed by atoms with Crippen LogP contribution in [0.1, 0.15) is 0 Å². The van der Waals surface area contributed by atoms with Gasteiger partial charge in [-0.2, -0.15) is 0 Å². The summed E-state index contributed by atoms with van der Waals surface area (Å²) >= 11 is 0. The number of benzene rings is 2. The van der Waals surface area contributed by atoms with E-state index < -0.39 is 0 Å². The highest BCUT2D eigenvalue weighted by molar-refractivity contribution is 5.81. The van der Waals surface area contributed by atoms with Gasteiger partial charge in [-0.3, -0.25) is 4.98 Å². The molecule has 0 aliphatic carbocycles. The fourth-order valence-corrected chi connectivity index (χ4v) is 2.81. The average Bonchev–Trinajstić information content (AvgIpc) is 3.15. The Bertz CT molecular complexity index is 921. The van der Waals surface area contributed by atoms with Gasteiger partial charge in [0, 0.05) is 29.1 Å². The monoisotopic (exact) mass is 327 g/mol. The number of hydrogen-bond donors (Lipinski definition) is 1. The zero-order valence-corrected chi connectivity index (χ0v) is 13.8. The molecule has 25 heavy (non-hydrogen) atoms. The molecule has 4 aromatic rings. The van der Waals surface area contributed by atoms with E-state index in [1.54, 1.807) is 19.5 Å². The van der Waals surface area contributed by atoms with Gasteiger partial charge in [-0.15, -0.1) is 0 Å². The molecule has 0 amide bonds. The van der Waals surface area contributed by atoms with Crippen LogP contribution in [0.15, 0.2) is 79.1 Å². The fraction of sp³-hybridized carbons (Fsp3) is 0.0476. The highest BCUT2D eigenvalue weighted by Crippen LogP contribution is 2.33. The van der Waals surface area contributed by atoms with Crippen molar-refractivity contribution >= 4 is 0 Å². The van der Waals surface area contributed by atoms with Crippen molar-refractivity contribution in [3.8, 4) is 39.7 Å². The number of ether oxygens (including phenoxy) is 1. The van der Waals surface area contributed by atoms with Crippen LogP contribution in [-0.2, 0) is 0 Å². The SMILES string of the molecule is COc1cccc(-c2nc(-c3ccccc3)c(-c3ccncc3)[nH]2)c1. The van der Waals surface area contributed by atoms with Gasteiger partial charge < -0.3 is 9.72 Å². The minimum Gasteiger partial charge on any atom is -0.497 e. The van der Waals surface area contributed by atoms with Crippen molar-refractivity contribution in [2.45, 2.75) is 0 Å². The summed E-state index contributed by atoms with van der Waals surface area (Å²) in [6.45, 7) is 0. The molecule has 0 saturated carbocycles. The molecule has 0 radical (unpaired) electrons. The second-order valence-corrected chi connectivity index (χ2v) is 5.64. The lowest BCUT2D eigenvalue weighted by Crippen LogP contribution is -1.85. The third kappa shape index (κ3) is 3.02. The number of methoxy groups -OCH3 is 1. The van der Waals surface area contributed by atoms with E-state index in [4.69, 9.17) is 9.72 Å². The molecular formula is C21H17N3O. The number of rotatable bonds is 4. The summed E-state index contributed by atoms with van der Waals surface area (Å²) in [5.41, 5.74) is 5.00. The number of nitrogens with zero attached hydrogens (tertiary/aromatic N) is 2. The van der Waals surface area contributed by atoms with Crippen LogP contribution in [-0.4, -0.2) is 22.1 Å². The van der Waals surface area contributed by atoms with Crippen molar-refractivity contribution in [2.24, 2.45) is 0 Å². The van der Waals surface area contributed by atoms with Crippen LogP contribution in [0.4, 0.5) is 0 Å². The Morgan fingerprint density at radius 2 is 1.56 bits per heavy atom. The third-order valence-corrected chi connectivity index (χ3v) is 4.06. The van der Waals surface area contributed by atoms with E-state index in [0.717, 1.165) is 39.7 Å². The lowest BCUT2D eigenvalue weighted by atomic mass is 10.1. The third-order valence-electron chi connectivity index (χ3n) is 4.06. The molecule has 122 valence electrons. The Morgan fingerprint density at radius 3 is 2.32 bits per heavy atom. The highest BCUT2D eigenvalue weighted by Gasteiger charge is 2.15. The second-order valence-electron chi connectivity index (χ2n) is 5.64. The van der Waals surface area contributed by atoms with Crippen molar-refractivity contribution in [1.29, 1.82) is 0 Å². The molecule has 4 rings (SSSR count). The first-order chi connectivity index (χ1) is 12.3. The molecule has 4 nitrogen and oxygen atoms in total. The minimum absolute atomic E-state index is 0.806. The van der Waals surface area contributed by atoms with Gasteiger partial charge in [0.1, 0.15) is 11.6 Å². The zero-order valence-electron chi connectivity index (χ0n) is 13.8. The summed E-state index contributed by atoms with van der Waals surface area (Å²) in [7, 11) is 1.67.